The summed E-state index contributed by atoms with van der Waals surface area (Å²) in [5.74, 6) is 0. The number of aromatic nitrogens is 4. The predicted molar refractivity (Wildman–Crippen MR) is 114 cm³/mol. The van der Waals surface area contributed by atoms with E-state index in [1.54, 1.807) is 4.68 Å². The Morgan fingerprint density at radius 3 is 2.55 bits per heavy atom. The van der Waals surface area contributed by atoms with Gasteiger partial charge in [0.1, 0.15) is 11.9 Å². The van der Waals surface area contributed by atoms with Crippen molar-refractivity contribution in [3.63, 3.8) is 0 Å². The number of fused-ring (bicyclic) bond motifs is 1. The second-order valence-corrected chi connectivity index (χ2v) is 8.18. The zero-order valence-electron chi connectivity index (χ0n) is 16.3. The average molecular weight is 410 g/mol. The van der Waals surface area contributed by atoms with Crippen molar-refractivity contribution < 1.29 is 5.11 Å². The van der Waals surface area contributed by atoms with Crippen molar-refractivity contribution in [1.82, 2.24) is 24.9 Å². The summed E-state index contributed by atoms with van der Waals surface area (Å²) < 4.78 is 1.78. The lowest BCUT2D eigenvalue weighted by Crippen LogP contribution is -2.36. The monoisotopic (exact) mass is 409 g/mol. The SMILES string of the molecule is OC(Cn1nc(C2=CCCC2)c2c(Cl)c(-c3ccccc3)nnc21)N1CCCC1. The summed E-state index contributed by atoms with van der Waals surface area (Å²) in [6.07, 6.45) is 7.08. The molecule has 2 aromatic heterocycles. The first-order chi connectivity index (χ1) is 14.2. The third-order valence-corrected chi connectivity index (χ3v) is 6.26. The number of hydrogen-bond acceptors (Lipinski definition) is 5. The maximum atomic E-state index is 10.7. The first-order valence-electron chi connectivity index (χ1n) is 10.3. The molecule has 5 rings (SSSR count). The smallest absolute Gasteiger partial charge is 0.182 e. The van der Waals surface area contributed by atoms with Crippen LogP contribution in [0.25, 0.3) is 27.9 Å². The minimum atomic E-state index is -0.583. The summed E-state index contributed by atoms with van der Waals surface area (Å²) in [7, 11) is 0. The number of benzene rings is 1. The first-order valence-corrected chi connectivity index (χ1v) is 10.7. The Labute approximate surface area is 174 Å². The lowest BCUT2D eigenvalue weighted by Gasteiger charge is -2.22. The van der Waals surface area contributed by atoms with Crippen molar-refractivity contribution in [3.8, 4) is 11.3 Å². The van der Waals surface area contributed by atoms with Crippen LogP contribution in [0.2, 0.25) is 5.02 Å². The maximum absolute atomic E-state index is 10.7. The molecule has 1 aliphatic carbocycles. The van der Waals surface area contributed by atoms with Crippen molar-refractivity contribution in [2.45, 2.75) is 44.9 Å². The summed E-state index contributed by atoms with van der Waals surface area (Å²) in [6, 6.07) is 9.87. The van der Waals surface area contributed by atoms with Crippen LogP contribution in [0.5, 0.6) is 0 Å². The van der Waals surface area contributed by atoms with Crippen LogP contribution < -0.4 is 0 Å². The molecule has 3 aromatic rings. The fourth-order valence-electron chi connectivity index (χ4n) is 4.34. The molecule has 150 valence electrons. The molecule has 1 aromatic carbocycles. The molecule has 1 unspecified atom stereocenters. The maximum Gasteiger partial charge on any atom is 0.182 e. The van der Waals surface area contributed by atoms with Gasteiger partial charge in [-0.05, 0) is 37.7 Å². The fraction of sp³-hybridized carbons (Fsp3) is 0.409. The quantitative estimate of drug-likeness (QED) is 0.686. The Hall–Kier alpha value is -2.28. The van der Waals surface area contributed by atoms with E-state index in [4.69, 9.17) is 16.7 Å². The molecule has 0 bridgehead atoms. The molecule has 2 aliphatic rings. The van der Waals surface area contributed by atoms with Gasteiger partial charge in [0.15, 0.2) is 5.65 Å². The molecule has 29 heavy (non-hydrogen) atoms. The van der Waals surface area contributed by atoms with E-state index in [0.717, 1.165) is 61.8 Å². The Bertz CT molecular complexity index is 1060. The highest BCUT2D eigenvalue weighted by molar-refractivity contribution is 6.38. The number of hydrogen-bond donors (Lipinski definition) is 1. The summed E-state index contributed by atoms with van der Waals surface area (Å²) >= 11 is 6.88. The zero-order valence-corrected chi connectivity index (χ0v) is 17.0. The standard InChI is InChI=1S/C22H24ClN5O/c23-19-18-20(15-10-4-5-11-15)26-28(14-17(29)27-12-6-7-13-27)22(18)25-24-21(19)16-8-2-1-3-9-16/h1-3,8-10,17,29H,4-7,11-14H2. The van der Waals surface area contributed by atoms with Crippen molar-refractivity contribution in [1.29, 1.82) is 0 Å². The van der Waals surface area contributed by atoms with Crippen LogP contribution in [0.3, 0.4) is 0 Å². The second-order valence-electron chi connectivity index (χ2n) is 7.80. The van der Waals surface area contributed by atoms with Gasteiger partial charge < -0.3 is 5.11 Å². The molecule has 6 nitrogen and oxygen atoms in total. The van der Waals surface area contributed by atoms with E-state index in [-0.39, 0.29) is 0 Å². The Morgan fingerprint density at radius 2 is 1.83 bits per heavy atom. The minimum Gasteiger partial charge on any atom is -0.376 e. The van der Waals surface area contributed by atoms with Gasteiger partial charge in [0.25, 0.3) is 0 Å². The van der Waals surface area contributed by atoms with Crippen LogP contribution in [0.1, 0.15) is 37.8 Å². The molecule has 1 fully saturated rings. The molecule has 0 amide bonds. The highest BCUT2D eigenvalue weighted by Gasteiger charge is 2.26. The van der Waals surface area contributed by atoms with Gasteiger partial charge in [0, 0.05) is 18.7 Å². The van der Waals surface area contributed by atoms with Gasteiger partial charge in [-0.3, -0.25) is 4.90 Å². The zero-order chi connectivity index (χ0) is 19.8. The van der Waals surface area contributed by atoms with Crippen molar-refractivity contribution >= 4 is 28.2 Å². The molecule has 0 radical (unpaired) electrons. The van der Waals surface area contributed by atoms with Gasteiger partial charge in [-0.1, -0.05) is 48.0 Å². The van der Waals surface area contributed by atoms with Gasteiger partial charge in [0.05, 0.1) is 22.6 Å². The fourth-order valence-corrected chi connectivity index (χ4v) is 4.67. The van der Waals surface area contributed by atoms with E-state index in [1.165, 1.54) is 5.57 Å². The molecule has 1 atom stereocenters. The first kappa shape index (κ1) is 18.7. The number of nitrogens with zero attached hydrogens (tertiary/aromatic N) is 5. The molecule has 1 saturated heterocycles. The number of aliphatic hydroxyl groups excluding tert-OH is 1. The van der Waals surface area contributed by atoms with Gasteiger partial charge in [-0.2, -0.15) is 5.10 Å². The summed E-state index contributed by atoms with van der Waals surface area (Å²) in [6.45, 7) is 2.20. The number of halogens is 1. The largest absolute Gasteiger partial charge is 0.376 e. The number of aliphatic hydroxyl groups is 1. The van der Waals surface area contributed by atoms with Crippen LogP contribution in [0, 0.1) is 0 Å². The van der Waals surface area contributed by atoms with Crippen LogP contribution in [-0.2, 0) is 6.54 Å². The van der Waals surface area contributed by atoms with E-state index in [2.05, 4.69) is 21.2 Å². The lowest BCUT2D eigenvalue weighted by atomic mass is 10.1. The Morgan fingerprint density at radius 1 is 1.03 bits per heavy atom. The predicted octanol–water partition coefficient (Wildman–Crippen LogP) is 4.13. The van der Waals surface area contributed by atoms with E-state index in [0.29, 0.717) is 22.9 Å². The van der Waals surface area contributed by atoms with Gasteiger partial charge >= 0.3 is 0 Å². The van der Waals surface area contributed by atoms with E-state index >= 15 is 0 Å². The number of allylic oxidation sites excluding steroid dienone is 2. The van der Waals surface area contributed by atoms with E-state index < -0.39 is 6.23 Å². The molecule has 1 aliphatic heterocycles. The Kier molecular flexibility index (Phi) is 5.08. The molecule has 3 heterocycles. The lowest BCUT2D eigenvalue weighted by molar-refractivity contribution is 0.00545. The summed E-state index contributed by atoms with van der Waals surface area (Å²) in [4.78, 5) is 2.09. The van der Waals surface area contributed by atoms with E-state index in [1.807, 2.05) is 30.3 Å². The number of rotatable bonds is 5. The third-order valence-electron chi connectivity index (χ3n) is 5.89. The van der Waals surface area contributed by atoms with Crippen LogP contribution in [-0.4, -0.2) is 49.3 Å². The molecule has 7 heteroatoms. The van der Waals surface area contributed by atoms with Gasteiger partial charge in [-0.15, -0.1) is 10.2 Å². The Balaban J connectivity index is 1.62. The highest BCUT2D eigenvalue weighted by atomic mass is 35.5. The second kappa shape index (κ2) is 7.86. The minimum absolute atomic E-state index is 0.361. The molecule has 0 spiro atoms. The van der Waals surface area contributed by atoms with Crippen molar-refractivity contribution in [3.05, 3.63) is 47.1 Å². The van der Waals surface area contributed by atoms with Crippen molar-refractivity contribution in [2.75, 3.05) is 13.1 Å². The molecule has 0 saturated carbocycles. The summed E-state index contributed by atoms with van der Waals surface area (Å²) in [5.41, 5.74) is 4.32. The third kappa shape index (κ3) is 3.45. The van der Waals surface area contributed by atoms with Gasteiger partial charge in [0.2, 0.25) is 0 Å². The average Bonchev–Trinajstić information content (AvgIpc) is 3.50. The van der Waals surface area contributed by atoms with Crippen molar-refractivity contribution in [2.24, 2.45) is 0 Å². The summed E-state index contributed by atoms with van der Waals surface area (Å²) in [5, 5.41) is 25.9. The molecular formula is C22H24ClN5O. The van der Waals surface area contributed by atoms with Crippen LogP contribution >= 0.6 is 11.6 Å². The van der Waals surface area contributed by atoms with Gasteiger partial charge in [-0.25, -0.2) is 4.68 Å². The molecule has 1 N–H and O–H groups in total. The topological polar surface area (TPSA) is 67.1 Å². The van der Waals surface area contributed by atoms with E-state index in [9.17, 15) is 5.11 Å². The molecular weight excluding hydrogens is 386 g/mol. The van der Waals surface area contributed by atoms with Crippen LogP contribution in [0.15, 0.2) is 36.4 Å². The van der Waals surface area contributed by atoms with Crippen LogP contribution in [0.4, 0.5) is 0 Å². The number of likely N-dealkylation sites (tertiary alicyclic amines) is 1. The normalized spacial score (nSPS) is 18.5. The highest BCUT2D eigenvalue weighted by Crippen LogP contribution is 2.38.